The Morgan fingerprint density at radius 3 is 2.31 bits per heavy atom. The molecule has 2 saturated heterocycles. The van der Waals surface area contributed by atoms with E-state index in [0.29, 0.717) is 6.42 Å². The molecule has 8 heteroatoms. The normalized spacial score (nSPS) is 23.0. The van der Waals surface area contributed by atoms with Crippen LogP contribution in [0.3, 0.4) is 0 Å². The van der Waals surface area contributed by atoms with Crippen molar-refractivity contribution in [2.75, 3.05) is 20.3 Å². The Kier molecular flexibility index (Phi) is 6.47. The lowest BCUT2D eigenvalue weighted by atomic mass is 9.89. The summed E-state index contributed by atoms with van der Waals surface area (Å²) < 4.78 is 11.0. The van der Waals surface area contributed by atoms with Gasteiger partial charge in [0, 0.05) is 31.7 Å². The number of carbonyl (C=O) groups is 3. The van der Waals surface area contributed by atoms with Gasteiger partial charge in [-0.2, -0.15) is 0 Å². The molecule has 2 aromatic carbocycles. The van der Waals surface area contributed by atoms with Gasteiger partial charge in [-0.25, -0.2) is 4.79 Å². The average molecular weight is 479 g/mol. The molecule has 3 aliphatic rings. The zero-order valence-corrected chi connectivity index (χ0v) is 19.7. The van der Waals surface area contributed by atoms with Gasteiger partial charge in [0.2, 0.25) is 5.91 Å². The molecule has 4 unspecified atom stereocenters. The Bertz CT molecular complexity index is 1090. The van der Waals surface area contributed by atoms with Gasteiger partial charge in [0.05, 0.1) is 18.4 Å². The van der Waals surface area contributed by atoms with Gasteiger partial charge in [0.15, 0.2) is 0 Å². The Balaban J connectivity index is 1.14. The summed E-state index contributed by atoms with van der Waals surface area (Å²) in [4.78, 5) is 38.6. The lowest BCUT2D eigenvalue weighted by Gasteiger charge is -2.25. The second-order valence-electron chi connectivity index (χ2n) is 9.55. The van der Waals surface area contributed by atoms with Crippen molar-refractivity contribution in [3.8, 4) is 11.1 Å². The van der Waals surface area contributed by atoms with Gasteiger partial charge in [-0.1, -0.05) is 48.5 Å². The van der Waals surface area contributed by atoms with Crippen LogP contribution in [-0.4, -0.2) is 66.4 Å². The standard InChI is InChI=1S/C27H30N2O6/c1-34-17(13-25(30)29-16-10-11-24(29)22(12-16)26(31)32)14-28-27(33)35-15-23-20-8-4-2-6-18(20)19-7-3-5-9-21(19)23/h2-9,16-17,22-24H,10-15H2,1H3,(H,28,33)(H,31,32). The van der Waals surface area contributed by atoms with E-state index in [-0.39, 0.29) is 43.5 Å². The Morgan fingerprint density at radius 1 is 1.06 bits per heavy atom. The first-order chi connectivity index (χ1) is 17.0. The van der Waals surface area contributed by atoms with Gasteiger partial charge in [-0.05, 0) is 41.5 Å². The summed E-state index contributed by atoms with van der Waals surface area (Å²) in [7, 11) is 1.50. The molecule has 4 atom stereocenters. The summed E-state index contributed by atoms with van der Waals surface area (Å²) in [5, 5.41) is 12.1. The number of nitrogens with zero attached hydrogens (tertiary/aromatic N) is 1. The number of alkyl carbamates (subject to hydrolysis) is 1. The van der Waals surface area contributed by atoms with Gasteiger partial charge in [0.25, 0.3) is 0 Å². The van der Waals surface area contributed by atoms with E-state index in [9.17, 15) is 19.5 Å². The number of nitrogens with one attached hydrogen (secondary N) is 1. The van der Waals surface area contributed by atoms with Crippen LogP contribution in [-0.2, 0) is 19.1 Å². The number of carbonyl (C=O) groups excluding carboxylic acids is 2. The van der Waals surface area contributed by atoms with Crippen LogP contribution in [0.2, 0.25) is 0 Å². The summed E-state index contributed by atoms with van der Waals surface area (Å²) in [5.74, 6) is -1.48. The van der Waals surface area contributed by atoms with E-state index in [1.165, 1.54) is 7.11 Å². The number of methoxy groups -OCH3 is 1. The highest BCUT2D eigenvalue weighted by Crippen LogP contribution is 2.44. The van der Waals surface area contributed by atoms with E-state index < -0.39 is 24.1 Å². The molecule has 2 aromatic rings. The van der Waals surface area contributed by atoms with E-state index in [1.54, 1.807) is 4.90 Å². The smallest absolute Gasteiger partial charge is 0.407 e. The highest BCUT2D eigenvalue weighted by atomic mass is 16.5. The summed E-state index contributed by atoms with van der Waals surface area (Å²) in [5.41, 5.74) is 4.61. The van der Waals surface area contributed by atoms with E-state index in [4.69, 9.17) is 9.47 Å². The molecule has 35 heavy (non-hydrogen) atoms. The molecule has 0 spiro atoms. The quantitative estimate of drug-likeness (QED) is 0.603. The average Bonchev–Trinajstić information content (AvgIpc) is 3.55. The van der Waals surface area contributed by atoms with Crippen molar-refractivity contribution in [1.29, 1.82) is 0 Å². The highest BCUT2D eigenvalue weighted by molar-refractivity contribution is 5.81. The molecule has 2 aliphatic heterocycles. The Hall–Kier alpha value is -3.39. The minimum Gasteiger partial charge on any atom is -0.481 e. The summed E-state index contributed by atoms with van der Waals surface area (Å²) >= 11 is 0. The molecule has 2 heterocycles. The zero-order valence-electron chi connectivity index (χ0n) is 19.7. The number of hydrogen-bond donors (Lipinski definition) is 2. The molecular formula is C27H30N2O6. The van der Waals surface area contributed by atoms with Crippen LogP contribution in [0, 0.1) is 5.92 Å². The highest BCUT2D eigenvalue weighted by Gasteiger charge is 2.51. The minimum absolute atomic E-state index is 0.0128. The number of carboxylic acids is 1. The lowest BCUT2D eigenvalue weighted by Crippen LogP contribution is -2.42. The number of aliphatic carboxylic acids is 1. The largest absolute Gasteiger partial charge is 0.481 e. The molecule has 0 saturated carbocycles. The van der Waals surface area contributed by atoms with Crippen molar-refractivity contribution >= 4 is 18.0 Å². The van der Waals surface area contributed by atoms with Gasteiger partial charge in [0.1, 0.15) is 6.61 Å². The zero-order chi connectivity index (χ0) is 24.5. The number of benzene rings is 2. The summed E-state index contributed by atoms with van der Waals surface area (Å²) in [6.45, 7) is 0.342. The van der Waals surface area contributed by atoms with Crippen LogP contribution < -0.4 is 5.32 Å². The van der Waals surface area contributed by atoms with Crippen LogP contribution in [0.25, 0.3) is 11.1 Å². The monoisotopic (exact) mass is 478 g/mol. The van der Waals surface area contributed by atoms with E-state index in [0.717, 1.165) is 35.1 Å². The van der Waals surface area contributed by atoms with Crippen molar-refractivity contribution in [3.63, 3.8) is 0 Å². The number of amides is 2. The van der Waals surface area contributed by atoms with Crippen molar-refractivity contribution < 1.29 is 29.0 Å². The van der Waals surface area contributed by atoms with E-state index in [1.807, 2.05) is 24.3 Å². The topological polar surface area (TPSA) is 105 Å². The molecule has 0 radical (unpaired) electrons. The maximum absolute atomic E-state index is 12.9. The first kappa shape index (κ1) is 23.4. The Labute approximate surface area is 204 Å². The SMILES string of the molecule is COC(CNC(=O)OCC1c2ccccc2-c2ccccc21)CC(=O)N1C2CCC1C(C(=O)O)C2. The number of hydrogen-bond acceptors (Lipinski definition) is 5. The number of rotatable bonds is 8. The number of fused-ring (bicyclic) bond motifs is 5. The maximum Gasteiger partial charge on any atom is 0.407 e. The second kappa shape index (κ2) is 9.70. The predicted octanol–water partition coefficient (Wildman–Crippen LogP) is 3.39. The second-order valence-corrected chi connectivity index (χ2v) is 9.55. The number of carboxylic acid groups (broad SMARTS) is 1. The maximum atomic E-state index is 12.9. The van der Waals surface area contributed by atoms with Crippen molar-refractivity contribution in [2.24, 2.45) is 5.92 Å². The van der Waals surface area contributed by atoms with E-state index in [2.05, 4.69) is 29.6 Å². The fraction of sp³-hybridized carbons (Fsp3) is 0.444. The molecule has 2 amide bonds. The summed E-state index contributed by atoms with van der Waals surface area (Å²) in [6, 6.07) is 16.0. The molecule has 1 aliphatic carbocycles. The minimum atomic E-state index is -0.838. The Morgan fingerprint density at radius 2 is 1.71 bits per heavy atom. The van der Waals surface area contributed by atoms with Gasteiger partial charge < -0.3 is 24.8 Å². The third kappa shape index (κ3) is 4.38. The van der Waals surface area contributed by atoms with Crippen molar-refractivity contribution in [1.82, 2.24) is 10.2 Å². The lowest BCUT2D eigenvalue weighted by molar-refractivity contribution is -0.143. The molecule has 8 nitrogen and oxygen atoms in total. The van der Waals surface area contributed by atoms with Crippen LogP contribution in [0.5, 0.6) is 0 Å². The predicted molar refractivity (Wildman–Crippen MR) is 128 cm³/mol. The fourth-order valence-corrected chi connectivity index (χ4v) is 6.03. The molecule has 184 valence electrons. The molecular weight excluding hydrogens is 448 g/mol. The third-order valence-corrected chi connectivity index (χ3v) is 7.70. The van der Waals surface area contributed by atoms with E-state index >= 15 is 0 Å². The first-order valence-corrected chi connectivity index (χ1v) is 12.1. The van der Waals surface area contributed by atoms with Gasteiger partial charge in [-0.3, -0.25) is 9.59 Å². The van der Waals surface area contributed by atoms with Crippen LogP contribution in [0.4, 0.5) is 4.79 Å². The fourth-order valence-electron chi connectivity index (χ4n) is 6.03. The molecule has 2 N–H and O–H groups in total. The third-order valence-electron chi connectivity index (χ3n) is 7.70. The van der Waals surface area contributed by atoms with Crippen LogP contribution in [0.1, 0.15) is 42.7 Å². The van der Waals surface area contributed by atoms with Crippen LogP contribution in [0.15, 0.2) is 48.5 Å². The summed E-state index contributed by atoms with van der Waals surface area (Å²) in [6.07, 6.45) is 1.08. The first-order valence-electron chi connectivity index (χ1n) is 12.1. The van der Waals surface area contributed by atoms with Crippen molar-refractivity contribution in [3.05, 3.63) is 59.7 Å². The van der Waals surface area contributed by atoms with Crippen molar-refractivity contribution in [2.45, 2.75) is 49.8 Å². The van der Waals surface area contributed by atoms with Gasteiger partial charge in [-0.15, -0.1) is 0 Å². The number of ether oxygens (including phenoxy) is 2. The molecule has 0 aromatic heterocycles. The molecule has 2 fully saturated rings. The van der Waals surface area contributed by atoms with Crippen LogP contribution >= 0.6 is 0 Å². The molecule has 5 rings (SSSR count). The van der Waals surface area contributed by atoms with Gasteiger partial charge >= 0.3 is 12.1 Å². The molecule has 2 bridgehead atoms.